The topological polar surface area (TPSA) is 88.1 Å². The number of aromatic amines is 1. The molecule has 0 saturated carbocycles. The van der Waals surface area contributed by atoms with Crippen molar-refractivity contribution in [3.05, 3.63) is 61.2 Å². The van der Waals surface area contributed by atoms with Gasteiger partial charge >= 0.3 is 0 Å². The molecule has 138 valence electrons. The van der Waals surface area contributed by atoms with Crippen LogP contribution in [0.3, 0.4) is 0 Å². The molecular weight excluding hydrogens is 332 g/mol. The molecule has 0 unspecified atom stereocenters. The number of H-pyrrole nitrogens is 1. The third-order valence-corrected chi connectivity index (χ3v) is 5.09. The van der Waals surface area contributed by atoms with E-state index in [0.29, 0.717) is 30.2 Å². The van der Waals surface area contributed by atoms with E-state index in [2.05, 4.69) is 9.97 Å². The molecule has 1 aliphatic heterocycles. The van der Waals surface area contributed by atoms with E-state index in [1.54, 1.807) is 25.8 Å². The number of likely N-dealkylation sites (tertiary alicyclic amines) is 1. The summed E-state index contributed by atoms with van der Waals surface area (Å²) in [5.74, 6) is 0.330. The van der Waals surface area contributed by atoms with Gasteiger partial charge in [0.2, 0.25) is 0 Å². The number of nitrogens with zero attached hydrogens (tertiary/aromatic N) is 3. The zero-order valence-corrected chi connectivity index (χ0v) is 15.6. The van der Waals surface area contributed by atoms with Gasteiger partial charge in [-0.25, -0.2) is 4.98 Å². The normalized spacial score (nSPS) is 17.4. The number of hydrogen-bond donors (Lipinski definition) is 1. The molecular formula is C19H24N4O3. The second-order valence-electron chi connectivity index (χ2n) is 7.05. The Labute approximate surface area is 151 Å². The summed E-state index contributed by atoms with van der Waals surface area (Å²) in [7, 11) is 1.68. The second kappa shape index (κ2) is 6.90. The molecule has 26 heavy (non-hydrogen) atoms. The van der Waals surface area contributed by atoms with Crippen LogP contribution in [0.15, 0.2) is 21.7 Å². The molecule has 1 N–H and O–H groups in total. The van der Waals surface area contributed by atoms with Crippen molar-refractivity contribution in [3.8, 4) is 0 Å². The molecule has 0 spiro atoms. The maximum Gasteiger partial charge on any atom is 0.263 e. The minimum Gasteiger partial charge on any atom is -0.338 e. The van der Waals surface area contributed by atoms with Gasteiger partial charge in [0, 0.05) is 37.8 Å². The van der Waals surface area contributed by atoms with Gasteiger partial charge in [0.25, 0.3) is 17.0 Å². The van der Waals surface area contributed by atoms with Gasteiger partial charge in [-0.1, -0.05) is 0 Å². The maximum absolute atomic E-state index is 13.0. The van der Waals surface area contributed by atoms with Crippen molar-refractivity contribution in [2.75, 3.05) is 13.1 Å². The molecule has 1 atom stereocenters. The molecule has 1 saturated heterocycles. The molecule has 2 aromatic rings. The molecule has 2 aromatic heterocycles. The highest BCUT2D eigenvalue weighted by atomic mass is 16.2. The minimum absolute atomic E-state index is 0.00306. The Morgan fingerprint density at radius 2 is 1.96 bits per heavy atom. The first-order valence-electron chi connectivity index (χ1n) is 8.82. The second-order valence-corrected chi connectivity index (χ2v) is 7.05. The monoisotopic (exact) mass is 356 g/mol. The van der Waals surface area contributed by atoms with Gasteiger partial charge in [-0.15, -0.1) is 0 Å². The van der Waals surface area contributed by atoms with Crippen LogP contribution in [0.25, 0.3) is 0 Å². The maximum atomic E-state index is 13.0. The standard InChI is InChI=1S/C19H24N4O3/c1-11-8-12(2)22(4)18(25)17(11)19(26)23-7-5-6-14(10-23)15-9-16(24)21-13(3)20-15/h8-9,14H,5-7,10H2,1-4H3,(H,20,21,24)/t14-/m0/s1. The third kappa shape index (κ3) is 3.34. The predicted molar refractivity (Wildman–Crippen MR) is 98.6 cm³/mol. The molecule has 0 aromatic carbocycles. The van der Waals surface area contributed by atoms with Crippen molar-refractivity contribution < 1.29 is 4.79 Å². The van der Waals surface area contributed by atoms with Crippen LogP contribution in [0.1, 0.15) is 51.9 Å². The first-order valence-corrected chi connectivity index (χ1v) is 8.82. The number of carbonyl (C=O) groups excluding carboxylic acids is 1. The van der Waals surface area contributed by atoms with Crippen LogP contribution in [0.4, 0.5) is 0 Å². The van der Waals surface area contributed by atoms with Gasteiger partial charge in [-0.05, 0) is 45.2 Å². The number of aryl methyl sites for hydroxylation is 3. The predicted octanol–water partition coefficient (Wildman–Crippen LogP) is 1.41. The highest BCUT2D eigenvalue weighted by molar-refractivity contribution is 5.95. The summed E-state index contributed by atoms with van der Waals surface area (Å²) in [6.45, 7) is 6.46. The molecule has 3 heterocycles. The van der Waals surface area contributed by atoms with Crippen LogP contribution < -0.4 is 11.1 Å². The smallest absolute Gasteiger partial charge is 0.263 e. The Morgan fingerprint density at radius 3 is 2.65 bits per heavy atom. The van der Waals surface area contributed by atoms with Crippen molar-refractivity contribution >= 4 is 5.91 Å². The molecule has 0 radical (unpaired) electrons. The summed E-state index contributed by atoms with van der Waals surface area (Å²) in [6, 6.07) is 3.36. The number of amides is 1. The van der Waals surface area contributed by atoms with Crippen molar-refractivity contribution in [1.82, 2.24) is 19.4 Å². The lowest BCUT2D eigenvalue weighted by atomic mass is 9.93. The summed E-state index contributed by atoms with van der Waals surface area (Å²) in [5.41, 5.74) is 2.01. The van der Waals surface area contributed by atoms with Gasteiger partial charge in [-0.3, -0.25) is 14.4 Å². The summed E-state index contributed by atoms with van der Waals surface area (Å²) in [5, 5.41) is 0. The average Bonchev–Trinajstić information content (AvgIpc) is 2.59. The van der Waals surface area contributed by atoms with Gasteiger partial charge < -0.3 is 14.5 Å². The van der Waals surface area contributed by atoms with Gasteiger partial charge in [0.05, 0.1) is 5.69 Å². The third-order valence-electron chi connectivity index (χ3n) is 5.09. The van der Waals surface area contributed by atoms with Crippen LogP contribution in [0, 0.1) is 20.8 Å². The van der Waals surface area contributed by atoms with Crippen LogP contribution in [-0.4, -0.2) is 38.4 Å². The van der Waals surface area contributed by atoms with Crippen LogP contribution in [0.2, 0.25) is 0 Å². The van der Waals surface area contributed by atoms with Crippen molar-refractivity contribution in [2.24, 2.45) is 7.05 Å². The van der Waals surface area contributed by atoms with Crippen LogP contribution >= 0.6 is 0 Å². The van der Waals surface area contributed by atoms with E-state index in [9.17, 15) is 14.4 Å². The summed E-state index contributed by atoms with van der Waals surface area (Å²) in [4.78, 5) is 46.1. The Morgan fingerprint density at radius 1 is 1.23 bits per heavy atom. The SMILES string of the molecule is Cc1nc([C@H]2CCCN(C(=O)c3c(C)cc(C)n(C)c3=O)C2)cc(=O)[nH]1. The lowest BCUT2D eigenvalue weighted by Crippen LogP contribution is -2.42. The number of carbonyl (C=O) groups is 1. The Hall–Kier alpha value is -2.70. The number of piperidine rings is 1. The summed E-state index contributed by atoms with van der Waals surface area (Å²) < 4.78 is 1.50. The molecule has 1 amide bonds. The Kier molecular flexibility index (Phi) is 4.80. The molecule has 3 rings (SSSR count). The van der Waals surface area contributed by atoms with Crippen molar-refractivity contribution in [1.29, 1.82) is 0 Å². The number of pyridine rings is 1. The fourth-order valence-corrected chi connectivity index (χ4v) is 3.61. The quantitative estimate of drug-likeness (QED) is 0.881. The number of aromatic nitrogens is 3. The van der Waals surface area contributed by atoms with E-state index in [1.807, 2.05) is 13.0 Å². The lowest BCUT2D eigenvalue weighted by molar-refractivity contribution is 0.0702. The van der Waals surface area contributed by atoms with Crippen molar-refractivity contribution in [2.45, 2.75) is 39.5 Å². The minimum atomic E-state index is -0.264. The van der Waals surface area contributed by atoms with Gasteiger partial charge in [0.1, 0.15) is 11.4 Å². The highest BCUT2D eigenvalue weighted by Gasteiger charge is 2.29. The van der Waals surface area contributed by atoms with E-state index in [0.717, 1.165) is 18.5 Å². The van der Waals surface area contributed by atoms with E-state index in [-0.39, 0.29) is 28.5 Å². The fraction of sp³-hybridized carbons (Fsp3) is 0.474. The van der Waals surface area contributed by atoms with Crippen LogP contribution in [0.5, 0.6) is 0 Å². The molecule has 1 fully saturated rings. The Bertz CT molecular complexity index is 974. The molecule has 0 bridgehead atoms. The van der Waals surface area contributed by atoms with E-state index < -0.39 is 0 Å². The number of nitrogens with one attached hydrogen (secondary N) is 1. The number of hydrogen-bond acceptors (Lipinski definition) is 4. The van der Waals surface area contributed by atoms with E-state index in [4.69, 9.17) is 0 Å². The van der Waals surface area contributed by atoms with Crippen molar-refractivity contribution in [3.63, 3.8) is 0 Å². The largest absolute Gasteiger partial charge is 0.338 e. The average molecular weight is 356 g/mol. The van der Waals surface area contributed by atoms with E-state index >= 15 is 0 Å². The van der Waals surface area contributed by atoms with E-state index in [1.165, 1.54) is 10.6 Å². The zero-order chi connectivity index (χ0) is 19.0. The van der Waals surface area contributed by atoms with Crippen LogP contribution in [-0.2, 0) is 7.05 Å². The summed E-state index contributed by atoms with van der Waals surface area (Å²) in [6.07, 6.45) is 1.68. The number of rotatable bonds is 2. The molecule has 1 aliphatic rings. The Balaban J connectivity index is 1.91. The molecule has 7 nitrogen and oxygen atoms in total. The fourth-order valence-electron chi connectivity index (χ4n) is 3.61. The molecule has 0 aliphatic carbocycles. The molecule has 7 heteroatoms. The highest BCUT2D eigenvalue weighted by Crippen LogP contribution is 2.26. The zero-order valence-electron chi connectivity index (χ0n) is 15.6. The lowest BCUT2D eigenvalue weighted by Gasteiger charge is -2.32. The first-order chi connectivity index (χ1) is 12.3. The first kappa shape index (κ1) is 18.1. The van der Waals surface area contributed by atoms with Gasteiger partial charge in [0.15, 0.2) is 0 Å². The van der Waals surface area contributed by atoms with Gasteiger partial charge in [-0.2, -0.15) is 0 Å². The summed E-state index contributed by atoms with van der Waals surface area (Å²) >= 11 is 0.